The molecule has 1 aromatic carbocycles. The highest BCUT2D eigenvalue weighted by Gasteiger charge is 2.23. The summed E-state index contributed by atoms with van der Waals surface area (Å²) >= 11 is 0. The number of anilines is 1. The van der Waals surface area contributed by atoms with E-state index >= 15 is 0 Å². The van der Waals surface area contributed by atoms with Crippen LogP contribution < -0.4 is 10.2 Å². The van der Waals surface area contributed by atoms with Crippen molar-refractivity contribution in [1.29, 1.82) is 0 Å². The van der Waals surface area contributed by atoms with Gasteiger partial charge in [0.25, 0.3) is 0 Å². The van der Waals surface area contributed by atoms with Crippen LogP contribution in [0.15, 0.2) is 24.3 Å². The largest absolute Gasteiger partial charge is 0.372 e. The molecule has 104 valence electrons. The second kappa shape index (κ2) is 5.96. The van der Waals surface area contributed by atoms with Crippen molar-refractivity contribution >= 4 is 5.69 Å². The lowest BCUT2D eigenvalue weighted by Gasteiger charge is -2.18. The van der Waals surface area contributed by atoms with E-state index < -0.39 is 0 Å². The zero-order valence-corrected chi connectivity index (χ0v) is 12.1. The molecular formula is C17H26N2. The van der Waals surface area contributed by atoms with Gasteiger partial charge in [0.2, 0.25) is 0 Å². The number of hydrogen-bond donors (Lipinski definition) is 1. The molecule has 1 aliphatic carbocycles. The van der Waals surface area contributed by atoms with Crippen molar-refractivity contribution in [2.24, 2.45) is 5.92 Å². The molecule has 1 heterocycles. The minimum absolute atomic E-state index is 0.658. The van der Waals surface area contributed by atoms with E-state index in [0.29, 0.717) is 6.04 Å². The number of hydrogen-bond acceptors (Lipinski definition) is 2. The summed E-state index contributed by atoms with van der Waals surface area (Å²) in [5.41, 5.74) is 2.80. The molecule has 2 aliphatic rings. The Morgan fingerprint density at radius 2 is 1.84 bits per heavy atom. The maximum absolute atomic E-state index is 3.65. The van der Waals surface area contributed by atoms with Crippen molar-refractivity contribution in [2.75, 3.05) is 18.0 Å². The first-order valence-corrected chi connectivity index (χ1v) is 7.88. The number of rotatable bonds is 6. The molecule has 0 bridgehead atoms. The third kappa shape index (κ3) is 3.73. The molecule has 1 atom stereocenters. The number of benzene rings is 1. The summed E-state index contributed by atoms with van der Waals surface area (Å²) in [4.78, 5) is 2.49. The van der Waals surface area contributed by atoms with Crippen LogP contribution in [0.2, 0.25) is 0 Å². The van der Waals surface area contributed by atoms with Gasteiger partial charge in [0, 0.05) is 31.4 Å². The Morgan fingerprint density at radius 1 is 1.16 bits per heavy atom. The highest BCUT2D eigenvalue weighted by molar-refractivity contribution is 5.48. The third-order valence-electron chi connectivity index (χ3n) is 4.45. The van der Waals surface area contributed by atoms with Crippen molar-refractivity contribution in [3.8, 4) is 0 Å². The first-order valence-electron chi connectivity index (χ1n) is 7.88. The molecule has 1 saturated heterocycles. The van der Waals surface area contributed by atoms with E-state index in [4.69, 9.17) is 0 Å². The van der Waals surface area contributed by atoms with Gasteiger partial charge < -0.3 is 10.2 Å². The fourth-order valence-electron chi connectivity index (χ4n) is 3.03. The quantitative estimate of drug-likeness (QED) is 0.839. The molecule has 1 aromatic rings. The molecular weight excluding hydrogens is 232 g/mol. The lowest BCUT2D eigenvalue weighted by atomic mass is 10.1. The van der Waals surface area contributed by atoms with E-state index in [1.165, 1.54) is 56.4 Å². The van der Waals surface area contributed by atoms with E-state index in [1.54, 1.807) is 0 Å². The van der Waals surface area contributed by atoms with Gasteiger partial charge in [0.1, 0.15) is 0 Å². The van der Waals surface area contributed by atoms with E-state index in [1.807, 2.05) is 0 Å². The highest BCUT2D eigenvalue weighted by atomic mass is 15.1. The van der Waals surface area contributed by atoms with Gasteiger partial charge in [0.15, 0.2) is 0 Å². The molecule has 2 heteroatoms. The normalized spacial score (nSPS) is 20.8. The Balaban J connectivity index is 1.47. The van der Waals surface area contributed by atoms with E-state index in [0.717, 1.165) is 12.5 Å². The van der Waals surface area contributed by atoms with Crippen LogP contribution in [0.5, 0.6) is 0 Å². The molecule has 1 N–H and O–H groups in total. The maximum atomic E-state index is 3.65. The van der Waals surface area contributed by atoms with Crippen LogP contribution >= 0.6 is 0 Å². The molecule has 0 amide bonds. The van der Waals surface area contributed by atoms with Gasteiger partial charge in [0.05, 0.1) is 0 Å². The predicted molar refractivity (Wildman–Crippen MR) is 81.5 cm³/mol. The molecule has 2 nitrogen and oxygen atoms in total. The van der Waals surface area contributed by atoms with Crippen LogP contribution in [0, 0.1) is 5.92 Å². The zero-order chi connectivity index (χ0) is 13.1. The summed E-state index contributed by atoms with van der Waals surface area (Å²) in [6, 6.07) is 9.79. The second-order valence-corrected chi connectivity index (χ2v) is 6.32. The smallest absolute Gasteiger partial charge is 0.0366 e. The van der Waals surface area contributed by atoms with E-state index in [-0.39, 0.29) is 0 Å². The van der Waals surface area contributed by atoms with Crippen LogP contribution in [-0.4, -0.2) is 19.1 Å². The fourth-order valence-corrected chi connectivity index (χ4v) is 3.03. The Labute approximate surface area is 117 Å². The SMILES string of the molecule is CC(CC1CC1)NCc1ccc(N2CCCC2)cc1. The summed E-state index contributed by atoms with van der Waals surface area (Å²) in [6.07, 6.45) is 6.96. The van der Waals surface area contributed by atoms with Crippen molar-refractivity contribution in [1.82, 2.24) is 5.32 Å². The molecule has 0 radical (unpaired) electrons. The third-order valence-corrected chi connectivity index (χ3v) is 4.45. The second-order valence-electron chi connectivity index (χ2n) is 6.32. The first-order chi connectivity index (χ1) is 9.31. The van der Waals surface area contributed by atoms with Crippen molar-refractivity contribution < 1.29 is 0 Å². The molecule has 19 heavy (non-hydrogen) atoms. The van der Waals surface area contributed by atoms with Crippen LogP contribution in [0.4, 0.5) is 5.69 Å². The molecule has 0 aromatic heterocycles. The minimum atomic E-state index is 0.658. The van der Waals surface area contributed by atoms with Crippen molar-refractivity contribution in [3.63, 3.8) is 0 Å². The summed E-state index contributed by atoms with van der Waals surface area (Å²) in [7, 11) is 0. The fraction of sp³-hybridized carbons (Fsp3) is 0.647. The van der Waals surface area contributed by atoms with Crippen LogP contribution in [0.25, 0.3) is 0 Å². The molecule has 0 spiro atoms. The lowest BCUT2D eigenvalue weighted by Crippen LogP contribution is -2.25. The summed E-state index contributed by atoms with van der Waals surface area (Å²) in [5, 5.41) is 3.65. The Morgan fingerprint density at radius 3 is 2.47 bits per heavy atom. The van der Waals surface area contributed by atoms with E-state index in [2.05, 4.69) is 41.4 Å². The average Bonchev–Trinajstić information content (AvgIpc) is 3.07. The van der Waals surface area contributed by atoms with Gasteiger partial charge in [-0.3, -0.25) is 0 Å². The summed E-state index contributed by atoms with van der Waals surface area (Å²) in [6.45, 7) is 5.79. The van der Waals surface area contributed by atoms with Crippen LogP contribution in [0.1, 0.15) is 44.6 Å². The van der Waals surface area contributed by atoms with Crippen molar-refractivity contribution in [3.05, 3.63) is 29.8 Å². The van der Waals surface area contributed by atoms with E-state index in [9.17, 15) is 0 Å². The van der Waals surface area contributed by atoms with Gasteiger partial charge in [-0.25, -0.2) is 0 Å². The molecule has 1 saturated carbocycles. The molecule has 1 aliphatic heterocycles. The first kappa shape index (κ1) is 13.0. The summed E-state index contributed by atoms with van der Waals surface area (Å²) in [5.74, 6) is 1.01. The minimum Gasteiger partial charge on any atom is -0.372 e. The average molecular weight is 258 g/mol. The monoisotopic (exact) mass is 258 g/mol. The topological polar surface area (TPSA) is 15.3 Å². The maximum Gasteiger partial charge on any atom is 0.0366 e. The van der Waals surface area contributed by atoms with Crippen LogP contribution in [0.3, 0.4) is 0 Å². The van der Waals surface area contributed by atoms with Crippen molar-refractivity contribution in [2.45, 2.75) is 51.6 Å². The molecule has 2 fully saturated rings. The zero-order valence-electron chi connectivity index (χ0n) is 12.1. The van der Waals surface area contributed by atoms with Crippen LogP contribution in [-0.2, 0) is 6.54 Å². The van der Waals surface area contributed by atoms with Gasteiger partial charge in [-0.1, -0.05) is 25.0 Å². The van der Waals surface area contributed by atoms with Gasteiger partial charge in [-0.05, 0) is 49.8 Å². The standard InChI is InChI=1S/C17H26N2/c1-14(12-15-4-5-15)18-13-16-6-8-17(9-7-16)19-10-2-3-11-19/h6-9,14-15,18H,2-5,10-13H2,1H3. The van der Waals surface area contributed by atoms with Gasteiger partial charge >= 0.3 is 0 Å². The summed E-state index contributed by atoms with van der Waals surface area (Å²) < 4.78 is 0. The highest BCUT2D eigenvalue weighted by Crippen LogP contribution is 2.33. The Hall–Kier alpha value is -1.02. The Bertz CT molecular complexity index is 388. The molecule has 1 unspecified atom stereocenters. The predicted octanol–water partition coefficient (Wildman–Crippen LogP) is 3.57. The molecule has 3 rings (SSSR count). The van der Waals surface area contributed by atoms with Gasteiger partial charge in [-0.15, -0.1) is 0 Å². The van der Waals surface area contributed by atoms with Gasteiger partial charge in [-0.2, -0.15) is 0 Å². The number of nitrogens with zero attached hydrogens (tertiary/aromatic N) is 1. The Kier molecular flexibility index (Phi) is 4.07. The lowest BCUT2D eigenvalue weighted by molar-refractivity contribution is 0.487. The number of nitrogens with one attached hydrogen (secondary N) is 1.